The van der Waals surface area contributed by atoms with Gasteiger partial charge in [-0.1, -0.05) is 0 Å². The summed E-state index contributed by atoms with van der Waals surface area (Å²) < 4.78 is 0. The predicted octanol–water partition coefficient (Wildman–Crippen LogP) is 4.58. The van der Waals surface area contributed by atoms with E-state index in [0.29, 0.717) is 0 Å². The maximum atomic E-state index is 3.87. The van der Waals surface area contributed by atoms with Crippen LogP contribution < -0.4 is 0 Å². The van der Waals surface area contributed by atoms with E-state index < -0.39 is 5.31 Å². The fourth-order valence-electron chi connectivity index (χ4n) is 1.38. The quantitative estimate of drug-likeness (QED) is 0.707. The van der Waals surface area contributed by atoms with E-state index in [2.05, 4.69) is 66.3 Å². The van der Waals surface area contributed by atoms with Crippen molar-refractivity contribution in [2.45, 2.75) is 6.16 Å². The molecule has 1 aromatic carbocycles. The number of hydrogen-bond donors (Lipinski definition) is 0. The second kappa shape index (κ2) is 3.79. The van der Waals surface area contributed by atoms with E-state index in [0.717, 1.165) is 6.16 Å². The number of hydrogen-bond acceptors (Lipinski definition) is 0. The first-order valence-electron chi connectivity index (χ1n) is 4.70. The van der Waals surface area contributed by atoms with Gasteiger partial charge in [0.2, 0.25) is 0 Å². The Balaban J connectivity index is 2.85. The molecule has 0 radical (unpaired) electrons. The van der Waals surface area contributed by atoms with Crippen molar-refractivity contribution < 1.29 is 0 Å². The summed E-state index contributed by atoms with van der Waals surface area (Å²) in [5.41, 5.74) is 2.59. The van der Waals surface area contributed by atoms with Gasteiger partial charge in [0.15, 0.2) is 0 Å². The van der Waals surface area contributed by atoms with Crippen molar-refractivity contribution in [3.63, 3.8) is 0 Å². The minimum atomic E-state index is -1.60. The van der Waals surface area contributed by atoms with E-state index in [-0.39, 0.29) is 0 Å². The fraction of sp³-hybridized carbons (Fsp3) is 0.333. The monoisotopic (exact) mass is 272 g/mol. The van der Waals surface area contributed by atoms with Crippen LogP contribution >= 0.6 is 20.8 Å². The minimum absolute atomic E-state index is 1.14. The van der Waals surface area contributed by atoms with Crippen LogP contribution in [0, 0.1) is 0 Å². The van der Waals surface area contributed by atoms with Crippen LogP contribution in [0.2, 0.25) is 0 Å². The van der Waals surface area contributed by atoms with Crippen molar-refractivity contribution in [2.75, 3.05) is 20.0 Å². The zero-order valence-corrected chi connectivity index (χ0v) is 11.6. The molecule has 0 bridgehead atoms. The molecule has 0 fully saturated rings. The third-order valence-corrected chi connectivity index (χ3v) is 4.12. The van der Waals surface area contributed by atoms with Gasteiger partial charge in [-0.25, -0.2) is 0 Å². The van der Waals surface area contributed by atoms with Crippen LogP contribution in [0.3, 0.4) is 0 Å². The van der Waals surface area contributed by atoms with E-state index in [1.165, 1.54) is 11.1 Å². The summed E-state index contributed by atoms with van der Waals surface area (Å²) in [5, 5.41) is -1.60. The molecule has 0 atom stereocenters. The van der Waals surface area contributed by atoms with Crippen molar-refractivity contribution >= 4 is 26.9 Å². The van der Waals surface area contributed by atoms with E-state index in [4.69, 9.17) is 0 Å². The van der Waals surface area contributed by atoms with Crippen molar-refractivity contribution in [1.82, 2.24) is 0 Å². The Hall–Kier alpha value is -0.130. The molecule has 78 valence electrons. The number of halogens is 1. The second-order valence-electron chi connectivity index (χ2n) is 5.02. The van der Waals surface area contributed by atoms with Crippen LogP contribution in [0.4, 0.5) is 0 Å². The fourth-order valence-corrected chi connectivity index (χ4v) is 3.69. The molecule has 0 saturated carbocycles. The van der Waals surface area contributed by atoms with E-state index in [1.54, 1.807) is 0 Å². The van der Waals surface area contributed by atoms with Crippen LogP contribution in [0.25, 0.3) is 6.08 Å². The van der Waals surface area contributed by atoms with E-state index in [9.17, 15) is 0 Å². The molecule has 2 heteroatoms. The Morgan fingerprint density at radius 1 is 1.21 bits per heavy atom. The van der Waals surface area contributed by atoms with Crippen LogP contribution in [0.5, 0.6) is 0 Å². The Morgan fingerprint density at radius 2 is 1.71 bits per heavy atom. The summed E-state index contributed by atoms with van der Waals surface area (Å²) in [6.45, 7) is 10.7. The zero-order valence-electron chi connectivity index (χ0n) is 9.13. The van der Waals surface area contributed by atoms with Gasteiger partial charge < -0.3 is 0 Å². The van der Waals surface area contributed by atoms with Crippen molar-refractivity contribution in [2.24, 2.45) is 0 Å². The Labute approximate surface area is 95.1 Å². The average Bonchev–Trinajstić information content (AvgIpc) is 2.01. The Kier molecular flexibility index (Phi) is 3.23. The van der Waals surface area contributed by atoms with Gasteiger partial charge in [-0.3, -0.25) is 0 Å². The molecule has 0 nitrogen and oxygen atoms in total. The summed E-state index contributed by atoms with van der Waals surface area (Å²) >= 11 is 3.87. The summed E-state index contributed by atoms with van der Waals surface area (Å²) in [4.78, 5) is 0. The number of rotatable bonds is 3. The molecule has 0 heterocycles. The summed E-state index contributed by atoms with van der Waals surface area (Å²) in [7, 11) is 0. The van der Waals surface area contributed by atoms with Crippen molar-refractivity contribution in [1.29, 1.82) is 0 Å². The van der Waals surface area contributed by atoms with Crippen LogP contribution in [0.15, 0.2) is 30.8 Å². The molecule has 0 unspecified atom stereocenters. The normalized spacial score (nSPS) is 14.4. The van der Waals surface area contributed by atoms with Crippen LogP contribution in [0.1, 0.15) is 11.1 Å². The SMILES string of the molecule is C=Cc1ccc(CP(C)(C)(C)Br)cc1. The van der Waals surface area contributed by atoms with Crippen LogP contribution in [-0.2, 0) is 6.16 Å². The van der Waals surface area contributed by atoms with Gasteiger partial charge in [0, 0.05) is 0 Å². The second-order valence-corrected chi connectivity index (χ2v) is 19.1. The maximum absolute atomic E-state index is 3.87. The number of benzene rings is 1. The van der Waals surface area contributed by atoms with E-state index in [1.807, 2.05) is 6.08 Å². The molecule has 0 aromatic heterocycles. The van der Waals surface area contributed by atoms with Gasteiger partial charge >= 0.3 is 95.0 Å². The van der Waals surface area contributed by atoms with E-state index >= 15 is 0 Å². The molecule has 0 aliphatic heterocycles. The first kappa shape index (κ1) is 11.9. The summed E-state index contributed by atoms with van der Waals surface area (Å²) in [6.07, 6.45) is 3.02. The van der Waals surface area contributed by atoms with Gasteiger partial charge in [-0.2, -0.15) is 0 Å². The molecule has 0 amide bonds. The third kappa shape index (κ3) is 4.39. The van der Waals surface area contributed by atoms with Gasteiger partial charge in [0.05, 0.1) is 0 Å². The van der Waals surface area contributed by atoms with Crippen molar-refractivity contribution in [3.05, 3.63) is 42.0 Å². The third-order valence-electron chi connectivity index (χ3n) is 1.93. The molecule has 0 saturated heterocycles. The van der Waals surface area contributed by atoms with Crippen LogP contribution in [-0.4, -0.2) is 20.0 Å². The topological polar surface area (TPSA) is 0 Å². The molecule has 14 heavy (non-hydrogen) atoms. The molecule has 0 aliphatic carbocycles. The van der Waals surface area contributed by atoms with Gasteiger partial charge in [-0.15, -0.1) is 0 Å². The molecule has 0 spiro atoms. The first-order chi connectivity index (χ1) is 6.26. The van der Waals surface area contributed by atoms with Gasteiger partial charge in [-0.05, 0) is 0 Å². The molecule has 0 aliphatic rings. The zero-order chi connectivity index (χ0) is 10.8. The standard InChI is InChI=1S/C12H18BrP/c1-5-11-6-8-12(9-7-11)10-14(2,3,4)13/h5-9H,1,10H2,2-4H3. The molecular weight excluding hydrogens is 255 g/mol. The summed E-state index contributed by atoms with van der Waals surface area (Å²) in [6, 6.07) is 8.63. The molecule has 1 aromatic rings. The average molecular weight is 273 g/mol. The Bertz CT molecular complexity index is 320. The molecule has 0 N–H and O–H groups in total. The summed E-state index contributed by atoms with van der Waals surface area (Å²) in [5.74, 6) is 0. The van der Waals surface area contributed by atoms with Gasteiger partial charge in [0.1, 0.15) is 0 Å². The molecular formula is C12H18BrP. The van der Waals surface area contributed by atoms with Gasteiger partial charge in [0.25, 0.3) is 0 Å². The predicted molar refractivity (Wildman–Crippen MR) is 73.9 cm³/mol. The van der Waals surface area contributed by atoms with Crippen molar-refractivity contribution in [3.8, 4) is 0 Å². The first-order valence-corrected chi connectivity index (χ1v) is 10.5. The Morgan fingerprint density at radius 3 is 2.07 bits per heavy atom. The molecule has 1 rings (SSSR count).